The molecule has 0 aliphatic rings. The monoisotopic (exact) mass is 336 g/mol. The van der Waals surface area contributed by atoms with Crippen LogP contribution in [0.4, 0.5) is 4.79 Å². The smallest absolute Gasteiger partial charge is 0.407 e. The molecule has 0 aliphatic heterocycles. The molecule has 6 heteroatoms. The van der Waals surface area contributed by atoms with Gasteiger partial charge in [-0.2, -0.15) is 0 Å². The summed E-state index contributed by atoms with van der Waals surface area (Å²) in [6.45, 7) is 6.15. The van der Waals surface area contributed by atoms with E-state index < -0.39 is 23.7 Å². The summed E-state index contributed by atoms with van der Waals surface area (Å²) >= 11 is 0. The van der Waals surface area contributed by atoms with E-state index in [9.17, 15) is 9.59 Å². The van der Waals surface area contributed by atoms with Gasteiger partial charge in [0.1, 0.15) is 18.2 Å². The molecule has 0 aliphatic carbocycles. The first-order valence-electron chi connectivity index (χ1n) is 8.21. The number of rotatable bonds is 8. The summed E-state index contributed by atoms with van der Waals surface area (Å²) in [6, 6.07) is 8.85. The highest BCUT2D eigenvalue weighted by atomic mass is 16.6. The summed E-state index contributed by atoms with van der Waals surface area (Å²) < 4.78 is 10.3. The first-order valence-corrected chi connectivity index (χ1v) is 8.21. The maximum Gasteiger partial charge on any atom is 0.407 e. The Balaban J connectivity index is 2.09. The lowest BCUT2D eigenvalue weighted by atomic mass is 10.1. The van der Waals surface area contributed by atoms with E-state index in [2.05, 4.69) is 5.32 Å². The van der Waals surface area contributed by atoms with Gasteiger partial charge in [-0.15, -0.1) is 0 Å². The van der Waals surface area contributed by atoms with E-state index in [1.807, 2.05) is 51.1 Å². The van der Waals surface area contributed by atoms with Crippen molar-refractivity contribution in [3.05, 3.63) is 35.9 Å². The van der Waals surface area contributed by atoms with Gasteiger partial charge in [0.15, 0.2) is 0 Å². The highest BCUT2D eigenvalue weighted by Crippen LogP contribution is 2.10. The molecule has 0 fully saturated rings. The van der Waals surface area contributed by atoms with Crippen LogP contribution in [0.15, 0.2) is 30.3 Å². The molecule has 0 aromatic heterocycles. The fraction of sp³-hybridized carbons (Fsp3) is 0.556. The average molecular weight is 336 g/mol. The van der Waals surface area contributed by atoms with Crippen molar-refractivity contribution >= 4 is 12.1 Å². The summed E-state index contributed by atoms with van der Waals surface area (Å²) in [5.74, 6) is -0.391. The van der Waals surface area contributed by atoms with Crippen molar-refractivity contribution in [3.8, 4) is 0 Å². The molecule has 1 atom stereocenters. The lowest BCUT2D eigenvalue weighted by Gasteiger charge is -2.22. The van der Waals surface area contributed by atoms with Gasteiger partial charge in [0, 0.05) is 6.54 Å². The molecule has 0 saturated carbocycles. The van der Waals surface area contributed by atoms with Crippen LogP contribution in [0.25, 0.3) is 0 Å². The van der Waals surface area contributed by atoms with Crippen molar-refractivity contribution < 1.29 is 19.1 Å². The largest absolute Gasteiger partial charge is 0.459 e. The van der Waals surface area contributed by atoms with E-state index in [-0.39, 0.29) is 6.61 Å². The first kappa shape index (κ1) is 20.0. The van der Waals surface area contributed by atoms with Gasteiger partial charge in [0.05, 0.1) is 0 Å². The number of amides is 1. The number of benzene rings is 1. The second-order valence-electron chi connectivity index (χ2n) is 6.62. The molecule has 1 rings (SSSR count). The second-order valence-corrected chi connectivity index (χ2v) is 6.62. The molecule has 1 aromatic rings. The molecule has 0 heterocycles. The third kappa shape index (κ3) is 9.15. The van der Waals surface area contributed by atoms with Crippen LogP contribution in [0.1, 0.15) is 45.6 Å². The molecule has 0 saturated heterocycles. The number of nitrogens with two attached hydrogens (primary N) is 1. The van der Waals surface area contributed by atoms with Crippen LogP contribution in [0.5, 0.6) is 0 Å². The number of nitrogens with one attached hydrogen (secondary N) is 1. The molecular weight excluding hydrogens is 308 g/mol. The Morgan fingerprint density at radius 1 is 1.17 bits per heavy atom. The zero-order chi connectivity index (χ0) is 18.0. The van der Waals surface area contributed by atoms with E-state index in [1.54, 1.807) is 0 Å². The molecular formula is C18H28N2O4. The van der Waals surface area contributed by atoms with E-state index in [0.717, 1.165) is 18.4 Å². The Morgan fingerprint density at radius 3 is 2.46 bits per heavy atom. The molecule has 6 nitrogen and oxygen atoms in total. The molecule has 0 radical (unpaired) electrons. The van der Waals surface area contributed by atoms with Gasteiger partial charge < -0.3 is 20.5 Å². The van der Waals surface area contributed by atoms with E-state index >= 15 is 0 Å². The third-order valence-corrected chi connectivity index (χ3v) is 3.13. The summed E-state index contributed by atoms with van der Waals surface area (Å²) in [5.41, 5.74) is 6.20. The van der Waals surface area contributed by atoms with Crippen LogP contribution in [0.3, 0.4) is 0 Å². The number of carbonyl (C=O) groups excluding carboxylic acids is 2. The highest BCUT2D eigenvalue weighted by Gasteiger charge is 2.21. The van der Waals surface area contributed by atoms with Crippen molar-refractivity contribution in [1.82, 2.24) is 5.32 Å². The van der Waals surface area contributed by atoms with Gasteiger partial charge >= 0.3 is 12.1 Å². The van der Waals surface area contributed by atoms with E-state index in [1.165, 1.54) is 0 Å². The quantitative estimate of drug-likeness (QED) is 0.563. The maximum atomic E-state index is 11.7. The maximum absolute atomic E-state index is 11.7. The first-order chi connectivity index (χ1) is 11.3. The third-order valence-electron chi connectivity index (χ3n) is 3.13. The Labute approximate surface area is 143 Å². The van der Waals surface area contributed by atoms with Crippen molar-refractivity contribution in [1.29, 1.82) is 0 Å². The number of unbranched alkanes of at least 4 members (excludes halogenated alkanes) is 1. The Hall–Kier alpha value is -2.08. The van der Waals surface area contributed by atoms with Crippen molar-refractivity contribution in [3.63, 3.8) is 0 Å². The molecule has 24 heavy (non-hydrogen) atoms. The second kappa shape index (κ2) is 9.93. The lowest BCUT2D eigenvalue weighted by molar-refractivity contribution is -0.156. The van der Waals surface area contributed by atoms with Gasteiger partial charge in [0.2, 0.25) is 0 Å². The van der Waals surface area contributed by atoms with Gasteiger partial charge in [-0.3, -0.25) is 4.79 Å². The fourth-order valence-corrected chi connectivity index (χ4v) is 1.95. The molecule has 1 aromatic carbocycles. The average Bonchev–Trinajstić information content (AvgIpc) is 2.51. The van der Waals surface area contributed by atoms with E-state index in [0.29, 0.717) is 13.0 Å². The standard InChI is InChI=1S/C18H28N2O4/c1-18(2,3)24-16(21)15(19)11-7-8-12-20-17(22)23-13-14-9-5-4-6-10-14/h4-6,9-10,15H,7-8,11-13,19H2,1-3H3,(H,20,22)/t15-/m0/s1. The number of esters is 1. The zero-order valence-electron chi connectivity index (χ0n) is 14.7. The van der Waals surface area contributed by atoms with Gasteiger partial charge in [0.25, 0.3) is 0 Å². The van der Waals surface area contributed by atoms with Crippen molar-refractivity contribution in [2.75, 3.05) is 6.54 Å². The van der Waals surface area contributed by atoms with Crippen LogP contribution in [0.2, 0.25) is 0 Å². The SMILES string of the molecule is CC(C)(C)OC(=O)[C@@H](N)CCCCNC(=O)OCc1ccccc1. The minimum absolute atomic E-state index is 0.246. The normalized spacial score (nSPS) is 12.3. The molecule has 0 bridgehead atoms. The van der Waals surface area contributed by atoms with Crippen molar-refractivity contribution in [2.24, 2.45) is 5.73 Å². The number of carbonyl (C=O) groups is 2. The van der Waals surface area contributed by atoms with Crippen LogP contribution >= 0.6 is 0 Å². The summed E-state index contributed by atoms with van der Waals surface area (Å²) in [6.07, 6.45) is 1.52. The highest BCUT2D eigenvalue weighted by molar-refractivity contribution is 5.75. The fourth-order valence-electron chi connectivity index (χ4n) is 1.95. The Kier molecular flexibility index (Phi) is 8.26. The number of hydrogen-bond acceptors (Lipinski definition) is 5. The lowest BCUT2D eigenvalue weighted by Crippen LogP contribution is -2.37. The number of hydrogen-bond donors (Lipinski definition) is 2. The van der Waals surface area contributed by atoms with Crippen LogP contribution in [-0.4, -0.2) is 30.3 Å². The Bertz CT molecular complexity index is 512. The number of ether oxygens (including phenoxy) is 2. The van der Waals surface area contributed by atoms with Gasteiger partial charge in [-0.05, 0) is 45.6 Å². The summed E-state index contributed by atoms with van der Waals surface area (Å²) in [7, 11) is 0. The van der Waals surface area contributed by atoms with Crippen LogP contribution in [0, 0.1) is 0 Å². The van der Waals surface area contributed by atoms with Crippen molar-refractivity contribution in [2.45, 2.75) is 58.3 Å². The van der Waals surface area contributed by atoms with Gasteiger partial charge in [-0.25, -0.2) is 4.79 Å². The summed E-state index contributed by atoms with van der Waals surface area (Å²) in [4.78, 5) is 23.3. The number of alkyl carbamates (subject to hydrolysis) is 1. The van der Waals surface area contributed by atoms with Gasteiger partial charge in [-0.1, -0.05) is 30.3 Å². The van der Waals surface area contributed by atoms with Crippen LogP contribution < -0.4 is 11.1 Å². The topological polar surface area (TPSA) is 90.6 Å². The zero-order valence-corrected chi connectivity index (χ0v) is 14.7. The minimum Gasteiger partial charge on any atom is -0.459 e. The molecule has 0 spiro atoms. The molecule has 134 valence electrons. The Morgan fingerprint density at radius 2 is 1.83 bits per heavy atom. The van der Waals surface area contributed by atoms with E-state index in [4.69, 9.17) is 15.2 Å². The van der Waals surface area contributed by atoms with Crippen LogP contribution in [-0.2, 0) is 20.9 Å². The molecule has 0 unspecified atom stereocenters. The predicted molar refractivity (Wildman–Crippen MR) is 92.3 cm³/mol. The predicted octanol–water partition coefficient (Wildman–Crippen LogP) is 2.75. The molecule has 3 N–H and O–H groups in total. The summed E-state index contributed by atoms with van der Waals surface area (Å²) in [5, 5.41) is 2.68. The molecule has 1 amide bonds. The minimum atomic E-state index is -0.630.